The van der Waals surface area contributed by atoms with Crippen LogP contribution in [0.3, 0.4) is 0 Å². The van der Waals surface area contributed by atoms with Crippen LogP contribution in [0.25, 0.3) is 0 Å². The largest absolute Gasteiger partial charge is 0.465 e. The lowest BCUT2D eigenvalue weighted by Gasteiger charge is -2.25. The number of rotatable bonds is 8. The molecule has 28 heavy (non-hydrogen) atoms. The van der Waals surface area contributed by atoms with Gasteiger partial charge in [0.2, 0.25) is 0 Å². The van der Waals surface area contributed by atoms with Crippen LogP contribution in [0.5, 0.6) is 0 Å². The normalized spacial score (nSPS) is 12.5. The van der Waals surface area contributed by atoms with E-state index in [0.717, 1.165) is 5.56 Å². The van der Waals surface area contributed by atoms with Crippen molar-refractivity contribution in [2.75, 3.05) is 6.61 Å². The molecule has 0 fully saturated rings. The Morgan fingerprint density at radius 3 is 2.36 bits per heavy atom. The fourth-order valence-corrected chi connectivity index (χ4v) is 2.92. The van der Waals surface area contributed by atoms with Gasteiger partial charge >= 0.3 is 12.1 Å². The fraction of sp³-hybridized carbons (Fsp3) is 0.286. The van der Waals surface area contributed by atoms with Crippen molar-refractivity contribution in [1.82, 2.24) is 5.32 Å². The van der Waals surface area contributed by atoms with Crippen molar-refractivity contribution in [2.45, 2.75) is 26.5 Å². The second-order valence-corrected chi connectivity index (χ2v) is 6.52. The second kappa shape index (κ2) is 10.5. The van der Waals surface area contributed by atoms with Gasteiger partial charge in [-0.1, -0.05) is 54.1 Å². The molecule has 0 aliphatic rings. The minimum absolute atomic E-state index is 0.0546. The number of nitrogens with one attached hydrogen (secondary N) is 1. The van der Waals surface area contributed by atoms with Crippen LogP contribution >= 0.6 is 11.6 Å². The van der Waals surface area contributed by atoms with Crippen LogP contribution in [-0.2, 0) is 25.7 Å². The topological polar surface area (TPSA) is 81.7 Å². The summed E-state index contributed by atoms with van der Waals surface area (Å²) < 4.78 is 10.3. The molecule has 2 atom stereocenters. The van der Waals surface area contributed by atoms with Gasteiger partial charge in [-0.3, -0.25) is 9.59 Å². The molecule has 0 saturated heterocycles. The van der Waals surface area contributed by atoms with Crippen molar-refractivity contribution in [2.24, 2.45) is 5.92 Å². The molecule has 0 aliphatic carbocycles. The summed E-state index contributed by atoms with van der Waals surface area (Å²) in [5, 5.41) is 3.02. The van der Waals surface area contributed by atoms with Gasteiger partial charge < -0.3 is 14.8 Å². The van der Waals surface area contributed by atoms with E-state index in [0.29, 0.717) is 10.6 Å². The first kappa shape index (κ1) is 21.4. The Balaban J connectivity index is 2.23. The van der Waals surface area contributed by atoms with Crippen LogP contribution in [0.15, 0.2) is 54.6 Å². The van der Waals surface area contributed by atoms with Crippen molar-refractivity contribution in [3.8, 4) is 0 Å². The Kier molecular flexibility index (Phi) is 8.02. The minimum atomic E-state index is -1.22. The summed E-state index contributed by atoms with van der Waals surface area (Å²) in [6.07, 6.45) is -0.760. The average molecular weight is 404 g/mol. The van der Waals surface area contributed by atoms with Gasteiger partial charge in [0.15, 0.2) is 0 Å². The standard InChI is InChI=1S/C21H22ClNO5/c1-3-27-20(25)18(14(2)24)19(16-10-7-11-17(22)12-16)23-21(26)28-13-15-8-5-4-6-9-15/h4-12,18-19H,3,13H2,1-2H3,(H,23,26). The van der Waals surface area contributed by atoms with Gasteiger partial charge in [0.1, 0.15) is 18.3 Å². The van der Waals surface area contributed by atoms with Crippen LogP contribution in [0.2, 0.25) is 5.02 Å². The number of Topliss-reactive ketones (excluding diaryl/α,β-unsaturated/α-hetero) is 1. The predicted octanol–water partition coefficient (Wildman–Crippen LogP) is 4.08. The Morgan fingerprint density at radius 2 is 1.75 bits per heavy atom. The van der Waals surface area contributed by atoms with Gasteiger partial charge in [-0.2, -0.15) is 0 Å². The molecule has 1 amide bonds. The maximum absolute atomic E-state index is 12.4. The zero-order chi connectivity index (χ0) is 20.5. The first-order chi connectivity index (χ1) is 13.4. The fourth-order valence-electron chi connectivity index (χ4n) is 2.72. The van der Waals surface area contributed by atoms with Crippen LogP contribution in [0, 0.1) is 5.92 Å². The van der Waals surface area contributed by atoms with E-state index in [1.54, 1.807) is 31.2 Å². The molecule has 0 heterocycles. The van der Waals surface area contributed by atoms with Crippen molar-refractivity contribution in [1.29, 1.82) is 0 Å². The number of alkyl carbamates (subject to hydrolysis) is 1. The van der Waals surface area contributed by atoms with Crippen molar-refractivity contribution < 1.29 is 23.9 Å². The van der Waals surface area contributed by atoms with Crippen molar-refractivity contribution in [3.05, 3.63) is 70.7 Å². The average Bonchev–Trinajstić information content (AvgIpc) is 2.66. The second-order valence-electron chi connectivity index (χ2n) is 6.08. The van der Waals surface area contributed by atoms with Crippen LogP contribution < -0.4 is 5.32 Å². The van der Waals surface area contributed by atoms with Gasteiger partial charge in [-0.05, 0) is 37.1 Å². The number of ketones is 1. The van der Waals surface area contributed by atoms with Crippen LogP contribution in [0.1, 0.15) is 31.0 Å². The molecular weight excluding hydrogens is 382 g/mol. The van der Waals surface area contributed by atoms with Crippen LogP contribution in [0.4, 0.5) is 4.79 Å². The highest BCUT2D eigenvalue weighted by atomic mass is 35.5. The monoisotopic (exact) mass is 403 g/mol. The predicted molar refractivity (Wildman–Crippen MR) is 105 cm³/mol. The van der Waals surface area contributed by atoms with Gasteiger partial charge in [0, 0.05) is 5.02 Å². The molecule has 7 heteroatoms. The first-order valence-electron chi connectivity index (χ1n) is 8.82. The Hall–Kier alpha value is -2.86. The number of halogens is 1. The molecule has 148 valence electrons. The summed E-state index contributed by atoms with van der Waals surface area (Å²) in [6.45, 7) is 3.09. The molecule has 0 saturated carbocycles. The summed E-state index contributed by atoms with van der Waals surface area (Å²) in [5.74, 6) is -2.38. The minimum Gasteiger partial charge on any atom is -0.465 e. The first-order valence-corrected chi connectivity index (χ1v) is 9.20. The van der Waals surface area contributed by atoms with E-state index in [4.69, 9.17) is 21.1 Å². The lowest BCUT2D eigenvalue weighted by atomic mass is 9.90. The molecule has 2 aromatic carbocycles. The molecule has 6 nitrogen and oxygen atoms in total. The van der Waals surface area contributed by atoms with Gasteiger partial charge in [-0.25, -0.2) is 4.79 Å². The number of hydrogen-bond donors (Lipinski definition) is 1. The molecular formula is C21H22ClNO5. The number of carbonyl (C=O) groups is 3. The molecule has 2 rings (SSSR count). The number of esters is 1. The molecule has 0 aliphatic heterocycles. The zero-order valence-corrected chi connectivity index (χ0v) is 16.4. The van der Waals surface area contributed by atoms with Gasteiger partial charge in [0.05, 0.1) is 12.6 Å². The molecule has 2 unspecified atom stereocenters. The highest BCUT2D eigenvalue weighted by molar-refractivity contribution is 6.30. The van der Waals surface area contributed by atoms with E-state index < -0.39 is 29.8 Å². The molecule has 0 radical (unpaired) electrons. The molecule has 2 aromatic rings. The lowest BCUT2D eigenvalue weighted by Crippen LogP contribution is -2.41. The highest BCUT2D eigenvalue weighted by Gasteiger charge is 2.36. The molecule has 0 aromatic heterocycles. The van der Waals surface area contributed by atoms with E-state index in [9.17, 15) is 14.4 Å². The third-order valence-corrected chi connectivity index (χ3v) is 4.24. The highest BCUT2D eigenvalue weighted by Crippen LogP contribution is 2.27. The number of ether oxygens (including phenoxy) is 2. The van der Waals surface area contributed by atoms with Crippen molar-refractivity contribution in [3.63, 3.8) is 0 Å². The maximum Gasteiger partial charge on any atom is 0.407 e. The number of hydrogen-bond acceptors (Lipinski definition) is 5. The summed E-state index contributed by atoms with van der Waals surface area (Å²) in [4.78, 5) is 36.9. The number of amides is 1. The third kappa shape index (κ3) is 6.09. The smallest absolute Gasteiger partial charge is 0.407 e. The third-order valence-electron chi connectivity index (χ3n) is 4.01. The zero-order valence-electron chi connectivity index (χ0n) is 15.7. The van der Waals surface area contributed by atoms with Gasteiger partial charge in [0.25, 0.3) is 0 Å². The molecule has 0 bridgehead atoms. The maximum atomic E-state index is 12.4. The molecule has 0 spiro atoms. The van der Waals surface area contributed by atoms with E-state index in [1.807, 2.05) is 30.3 Å². The molecule has 1 N–H and O–H groups in total. The lowest BCUT2D eigenvalue weighted by molar-refractivity contribution is -0.152. The summed E-state index contributed by atoms with van der Waals surface area (Å²) in [6, 6.07) is 14.8. The van der Waals surface area contributed by atoms with Crippen molar-refractivity contribution >= 4 is 29.4 Å². The number of carbonyl (C=O) groups excluding carboxylic acids is 3. The van der Waals surface area contributed by atoms with Gasteiger partial charge in [-0.15, -0.1) is 0 Å². The Morgan fingerprint density at radius 1 is 1.04 bits per heavy atom. The summed E-state index contributed by atoms with van der Waals surface area (Å²) >= 11 is 6.05. The Labute approximate surface area is 168 Å². The summed E-state index contributed by atoms with van der Waals surface area (Å²) in [5.41, 5.74) is 1.31. The van der Waals surface area contributed by atoms with E-state index in [-0.39, 0.29) is 13.2 Å². The Bertz CT molecular complexity index is 825. The van der Waals surface area contributed by atoms with Crippen LogP contribution in [-0.4, -0.2) is 24.5 Å². The number of benzene rings is 2. The SMILES string of the molecule is CCOC(=O)C(C(C)=O)C(NC(=O)OCc1ccccc1)c1cccc(Cl)c1. The van der Waals surface area contributed by atoms with E-state index in [2.05, 4.69) is 5.32 Å². The van der Waals surface area contributed by atoms with E-state index in [1.165, 1.54) is 6.92 Å². The quantitative estimate of drug-likeness (QED) is 0.530. The van der Waals surface area contributed by atoms with E-state index >= 15 is 0 Å². The summed E-state index contributed by atoms with van der Waals surface area (Å²) in [7, 11) is 0.